The van der Waals surface area contributed by atoms with Gasteiger partial charge in [-0.3, -0.25) is 4.98 Å². The van der Waals surface area contributed by atoms with Gasteiger partial charge in [-0.15, -0.1) is 0 Å². The van der Waals surface area contributed by atoms with Crippen molar-refractivity contribution in [2.75, 3.05) is 11.9 Å². The minimum Gasteiger partial charge on any atom is -0.467 e. The number of pyridine rings is 1. The quantitative estimate of drug-likeness (QED) is 0.272. The van der Waals surface area contributed by atoms with Crippen LogP contribution in [0.15, 0.2) is 71.1 Å². The first kappa shape index (κ1) is 25.8. The smallest absolute Gasteiger partial charge is 0.261 e. The molecule has 0 radical (unpaired) electrons. The number of anilines is 1. The Balaban J connectivity index is 2.21. The Morgan fingerprint density at radius 2 is 1.47 bits per heavy atom. The number of ether oxygens (including phenoxy) is 1. The number of hydrogen-bond donors (Lipinski definition) is 1. The second kappa shape index (κ2) is 15.6. The van der Waals surface area contributed by atoms with Crippen LogP contribution in [-0.4, -0.2) is 16.8 Å². The molecule has 1 aromatic rings. The summed E-state index contributed by atoms with van der Waals surface area (Å²) in [7, 11) is 0. The van der Waals surface area contributed by atoms with Crippen LogP contribution >= 0.6 is 12.2 Å². The van der Waals surface area contributed by atoms with E-state index in [0.29, 0.717) is 11.8 Å². The van der Waals surface area contributed by atoms with E-state index in [1.54, 1.807) is 12.4 Å². The fourth-order valence-electron chi connectivity index (χ4n) is 2.84. The maximum atomic E-state index is 5.55. The molecule has 164 valence electrons. The predicted octanol–water partition coefficient (Wildman–Crippen LogP) is 7.94. The van der Waals surface area contributed by atoms with Crippen LogP contribution in [0.5, 0.6) is 0 Å². The molecule has 0 saturated carbocycles. The van der Waals surface area contributed by atoms with Crippen molar-refractivity contribution in [1.82, 2.24) is 4.98 Å². The average molecular weight is 427 g/mol. The molecule has 0 fully saturated rings. The summed E-state index contributed by atoms with van der Waals surface area (Å²) >= 11 is 5.20. The van der Waals surface area contributed by atoms with Crippen molar-refractivity contribution < 1.29 is 4.74 Å². The van der Waals surface area contributed by atoms with Crippen molar-refractivity contribution in [3.8, 4) is 0 Å². The van der Waals surface area contributed by atoms with Gasteiger partial charge in [-0.1, -0.05) is 40.5 Å². The zero-order valence-electron chi connectivity index (χ0n) is 19.3. The first-order valence-electron chi connectivity index (χ1n) is 10.8. The van der Waals surface area contributed by atoms with Gasteiger partial charge in [0.2, 0.25) is 0 Å². The zero-order valence-corrected chi connectivity index (χ0v) is 20.1. The van der Waals surface area contributed by atoms with Crippen molar-refractivity contribution in [2.45, 2.75) is 73.1 Å². The molecule has 3 nitrogen and oxygen atoms in total. The predicted molar refractivity (Wildman–Crippen MR) is 135 cm³/mol. The fourth-order valence-corrected chi connectivity index (χ4v) is 3.02. The van der Waals surface area contributed by atoms with E-state index in [4.69, 9.17) is 17.0 Å². The van der Waals surface area contributed by atoms with E-state index < -0.39 is 0 Å². The number of nitrogens with zero attached hydrogens (tertiary/aromatic N) is 1. The summed E-state index contributed by atoms with van der Waals surface area (Å²) in [6, 6.07) is 3.76. The van der Waals surface area contributed by atoms with E-state index in [2.05, 4.69) is 69.2 Å². The Bertz CT molecular complexity index is 756. The minimum atomic E-state index is 0.368. The van der Waals surface area contributed by atoms with Crippen LogP contribution in [0.1, 0.15) is 73.1 Å². The molecule has 30 heavy (non-hydrogen) atoms. The Labute approximate surface area is 189 Å². The zero-order chi connectivity index (χ0) is 22.2. The minimum absolute atomic E-state index is 0.368. The van der Waals surface area contributed by atoms with Crippen molar-refractivity contribution in [3.63, 3.8) is 0 Å². The number of nitrogens with one attached hydrogen (secondary N) is 1. The third-order valence-electron chi connectivity index (χ3n) is 4.71. The number of rotatable bonds is 12. The van der Waals surface area contributed by atoms with Crippen molar-refractivity contribution in [3.05, 3.63) is 71.1 Å². The van der Waals surface area contributed by atoms with Crippen LogP contribution < -0.4 is 5.32 Å². The Hall–Kier alpha value is -2.20. The van der Waals surface area contributed by atoms with E-state index in [0.717, 1.165) is 37.8 Å². The first-order valence-corrected chi connectivity index (χ1v) is 11.2. The summed E-state index contributed by atoms with van der Waals surface area (Å²) in [6.07, 6.45) is 19.3. The molecule has 0 aromatic carbocycles. The van der Waals surface area contributed by atoms with E-state index in [1.165, 1.54) is 28.7 Å². The van der Waals surface area contributed by atoms with E-state index in [1.807, 2.05) is 12.1 Å². The van der Waals surface area contributed by atoms with Gasteiger partial charge in [0.15, 0.2) is 0 Å². The molecule has 1 N–H and O–H groups in total. The molecule has 0 unspecified atom stereocenters. The summed E-state index contributed by atoms with van der Waals surface area (Å²) in [5.74, 6) is 0. The molecule has 0 bridgehead atoms. The molecule has 0 aliphatic heterocycles. The van der Waals surface area contributed by atoms with E-state index in [-0.39, 0.29) is 0 Å². The van der Waals surface area contributed by atoms with Gasteiger partial charge in [0.25, 0.3) is 5.17 Å². The van der Waals surface area contributed by atoms with Crippen molar-refractivity contribution in [2.24, 2.45) is 0 Å². The highest BCUT2D eigenvalue weighted by Crippen LogP contribution is 2.13. The van der Waals surface area contributed by atoms with Gasteiger partial charge in [-0.05, 0) is 104 Å². The Morgan fingerprint density at radius 1 is 0.900 bits per heavy atom. The second-order valence-electron chi connectivity index (χ2n) is 8.01. The van der Waals surface area contributed by atoms with Crippen molar-refractivity contribution >= 4 is 23.1 Å². The van der Waals surface area contributed by atoms with Gasteiger partial charge in [-0.25, -0.2) is 0 Å². The Morgan fingerprint density at radius 3 is 2.00 bits per heavy atom. The molecule has 0 spiro atoms. The van der Waals surface area contributed by atoms with Crippen LogP contribution in [0.25, 0.3) is 0 Å². The van der Waals surface area contributed by atoms with Crippen LogP contribution in [-0.2, 0) is 4.74 Å². The van der Waals surface area contributed by atoms with Crippen LogP contribution in [0.3, 0.4) is 0 Å². The molecule has 1 heterocycles. The lowest BCUT2D eigenvalue weighted by Crippen LogP contribution is -2.13. The van der Waals surface area contributed by atoms with Gasteiger partial charge in [-0.2, -0.15) is 0 Å². The normalized spacial score (nSPS) is 12.5. The third-order valence-corrected chi connectivity index (χ3v) is 4.93. The standard InChI is InChI=1S/C26H38N2OS/c1-21(2)10-6-11-22(3)12-7-13-23(4)14-8-15-24(5)17-19-29-26(30)28-25-16-9-18-27-20-25/h9-10,12,14,16-18,20H,6-8,11,13,15,19H2,1-5H3,(H,28,30). The van der Waals surface area contributed by atoms with Crippen LogP contribution in [0.4, 0.5) is 5.69 Å². The number of hydrogen-bond acceptors (Lipinski definition) is 3. The summed E-state index contributed by atoms with van der Waals surface area (Å²) in [6.45, 7) is 11.4. The molecule has 0 atom stereocenters. The molecular formula is C26H38N2OS. The fraction of sp³-hybridized carbons (Fsp3) is 0.462. The highest BCUT2D eigenvalue weighted by molar-refractivity contribution is 7.80. The lowest BCUT2D eigenvalue weighted by molar-refractivity contribution is 0.357. The molecule has 1 rings (SSSR count). The summed E-state index contributed by atoms with van der Waals surface area (Å²) in [4.78, 5) is 4.04. The average Bonchev–Trinajstić information content (AvgIpc) is 2.68. The summed E-state index contributed by atoms with van der Waals surface area (Å²) in [5.41, 5.74) is 6.52. The second-order valence-corrected chi connectivity index (χ2v) is 8.38. The van der Waals surface area contributed by atoms with Gasteiger partial charge < -0.3 is 10.1 Å². The summed E-state index contributed by atoms with van der Waals surface area (Å²) in [5, 5.41) is 3.39. The monoisotopic (exact) mass is 426 g/mol. The summed E-state index contributed by atoms with van der Waals surface area (Å²) < 4.78 is 5.55. The number of thiocarbonyl (C=S) groups is 1. The molecule has 0 aliphatic carbocycles. The van der Waals surface area contributed by atoms with E-state index >= 15 is 0 Å². The van der Waals surface area contributed by atoms with Crippen molar-refractivity contribution in [1.29, 1.82) is 0 Å². The largest absolute Gasteiger partial charge is 0.467 e. The lowest BCUT2D eigenvalue weighted by Gasteiger charge is -2.08. The van der Waals surface area contributed by atoms with Gasteiger partial charge in [0.05, 0.1) is 11.9 Å². The molecular weight excluding hydrogens is 388 g/mol. The highest BCUT2D eigenvalue weighted by atomic mass is 32.1. The number of aromatic nitrogens is 1. The SMILES string of the molecule is CC(C)=CCCC(C)=CCCC(C)=CCCC(C)=CCOC(=S)Nc1cccnc1. The maximum Gasteiger partial charge on any atom is 0.261 e. The highest BCUT2D eigenvalue weighted by Gasteiger charge is 1.98. The lowest BCUT2D eigenvalue weighted by atomic mass is 10.0. The topological polar surface area (TPSA) is 34.1 Å². The first-order chi connectivity index (χ1) is 14.4. The molecule has 4 heteroatoms. The van der Waals surface area contributed by atoms with Crippen LogP contribution in [0.2, 0.25) is 0 Å². The van der Waals surface area contributed by atoms with Gasteiger partial charge in [0.1, 0.15) is 6.61 Å². The molecule has 1 aromatic heterocycles. The molecule has 0 amide bonds. The van der Waals surface area contributed by atoms with Crippen LogP contribution in [0, 0.1) is 0 Å². The van der Waals surface area contributed by atoms with Gasteiger partial charge >= 0.3 is 0 Å². The molecule has 0 saturated heterocycles. The van der Waals surface area contributed by atoms with Gasteiger partial charge in [0, 0.05) is 6.20 Å². The maximum absolute atomic E-state index is 5.55. The number of allylic oxidation sites excluding steroid dienone is 7. The molecule has 0 aliphatic rings. The third kappa shape index (κ3) is 13.9. The van der Waals surface area contributed by atoms with E-state index in [9.17, 15) is 0 Å². The Kier molecular flexibility index (Phi) is 13.4.